The number of carboxylic acids is 1. The van der Waals surface area contributed by atoms with Crippen LogP contribution < -0.4 is 4.74 Å². The fourth-order valence-electron chi connectivity index (χ4n) is 1.36. The molecule has 0 atom stereocenters. The van der Waals surface area contributed by atoms with E-state index in [1.807, 2.05) is 26.8 Å². The van der Waals surface area contributed by atoms with Gasteiger partial charge in [-0.05, 0) is 30.5 Å². The minimum Gasteiger partial charge on any atom is -0.493 e. The lowest BCUT2D eigenvalue weighted by Gasteiger charge is -2.11. The van der Waals surface area contributed by atoms with Gasteiger partial charge in [0, 0.05) is 0 Å². The molecule has 0 aliphatic carbocycles. The summed E-state index contributed by atoms with van der Waals surface area (Å²) in [6, 6.07) is 5.31. The third kappa shape index (κ3) is 2.72. The fraction of sp³-hybridized carbons (Fsp3) is 0.417. The van der Waals surface area contributed by atoms with E-state index in [0.717, 1.165) is 5.56 Å². The maximum atomic E-state index is 11.0. The largest absolute Gasteiger partial charge is 0.493 e. The maximum absolute atomic E-state index is 11.0. The number of hydrogen-bond donors (Lipinski definition) is 1. The average molecular weight is 208 g/mol. The summed E-state index contributed by atoms with van der Waals surface area (Å²) in [5.41, 5.74) is 1.25. The molecule has 0 aromatic heterocycles. The number of hydrogen-bond acceptors (Lipinski definition) is 2. The lowest BCUT2D eigenvalue weighted by Crippen LogP contribution is -2.04. The van der Waals surface area contributed by atoms with Crippen molar-refractivity contribution in [3.8, 4) is 5.75 Å². The number of ether oxygens (including phenoxy) is 1. The maximum Gasteiger partial charge on any atom is 0.339 e. The highest BCUT2D eigenvalue weighted by Gasteiger charge is 2.12. The molecule has 1 N–H and O–H groups in total. The second-order valence-corrected chi connectivity index (χ2v) is 3.65. The first-order valence-corrected chi connectivity index (χ1v) is 5.06. The van der Waals surface area contributed by atoms with Crippen LogP contribution in [0.3, 0.4) is 0 Å². The zero-order valence-electron chi connectivity index (χ0n) is 9.28. The summed E-state index contributed by atoms with van der Waals surface area (Å²) in [5, 5.41) is 9.02. The summed E-state index contributed by atoms with van der Waals surface area (Å²) in [7, 11) is 0. The Hall–Kier alpha value is -1.51. The van der Waals surface area contributed by atoms with Crippen LogP contribution in [0.1, 0.15) is 42.6 Å². The van der Waals surface area contributed by atoms with E-state index in [-0.39, 0.29) is 5.56 Å². The van der Waals surface area contributed by atoms with Gasteiger partial charge in [0.2, 0.25) is 0 Å². The van der Waals surface area contributed by atoms with Crippen molar-refractivity contribution in [3.63, 3.8) is 0 Å². The summed E-state index contributed by atoms with van der Waals surface area (Å²) < 4.78 is 5.25. The molecule has 0 heterocycles. The number of aromatic carboxylic acids is 1. The summed E-state index contributed by atoms with van der Waals surface area (Å²) in [6.07, 6.45) is 0. The molecule has 1 aromatic carbocycles. The Bertz CT molecular complexity index is 356. The molecule has 82 valence electrons. The second-order valence-electron chi connectivity index (χ2n) is 3.65. The van der Waals surface area contributed by atoms with E-state index in [0.29, 0.717) is 18.3 Å². The van der Waals surface area contributed by atoms with E-state index in [2.05, 4.69) is 0 Å². The van der Waals surface area contributed by atoms with Crippen molar-refractivity contribution < 1.29 is 14.6 Å². The molecule has 0 fully saturated rings. The molecule has 0 aliphatic rings. The SMILES string of the molecule is CCOc1ccc(C(C)C)cc1C(=O)O. The minimum absolute atomic E-state index is 0.239. The van der Waals surface area contributed by atoms with E-state index in [4.69, 9.17) is 9.84 Å². The predicted molar refractivity (Wildman–Crippen MR) is 58.7 cm³/mol. The smallest absolute Gasteiger partial charge is 0.339 e. The Balaban J connectivity index is 3.14. The van der Waals surface area contributed by atoms with Crippen molar-refractivity contribution in [1.29, 1.82) is 0 Å². The van der Waals surface area contributed by atoms with Crippen molar-refractivity contribution in [2.45, 2.75) is 26.7 Å². The number of carboxylic acid groups (broad SMARTS) is 1. The molecule has 0 radical (unpaired) electrons. The molecule has 0 saturated heterocycles. The summed E-state index contributed by atoms with van der Waals surface area (Å²) in [5.74, 6) is -0.186. The van der Waals surface area contributed by atoms with Crippen molar-refractivity contribution in [1.82, 2.24) is 0 Å². The van der Waals surface area contributed by atoms with Crippen LogP contribution in [-0.2, 0) is 0 Å². The first-order chi connectivity index (χ1) is 7.06. The second kappa shape index (κ2) is 4.82. The van der Waals surface area contributed by atoms with Crippen LogP contribution in [0.5, 0.6) is 5.75 Å². The number of benzene rings is 1. The standard InChI is InChI=1S/C12H16O3/c1-4-15-11-6-5-9(8(2)3)7-10(11)12(13)14/h5-8H,4H2,1-3H3,(H,13,14). The van der Waals surface area contributed by atoms with Crippen molar-refractivity contribution in [3.05, 3.63) is 29.3 Å². The zero-order chi connectivity index (χ0) is 11.4. The summed E-state index contributed by atoms with van der Waals surface area (Å²) in [4.78, 5) is 11.0. The van der Waals surface area contributed by atoms with Crippen molar-refractivity contribution in [2.75, 3.05) is 6.61 Å². The van der Waals surface area contributed by atoms with Gasteiger partial charge in [-0.3, -0.25) is 0 Å². The topological polar surface area (TPSA) is 46.5 Å². The van der Waals surface area contributed by atoms with Gasteiger partial charge >= 0.3 is 5.97 Å². The van der Waals surface area contributed by atoms with Gasteiger partial charge in [0.25, 0.3) is 0 Å². The average Bonchev–Trinajstić information content (AvgIpc) is 2.18. The Morgan fingerprint density at radius 2 is 2.13 bits per heavy atom. The third-order valence-electron chi connectivity index (χ3n) is 2.20. The van der Waals surface area contributed by atoms with Crippen LogP contribution in [-0.4, -0.2) is 17.7 Å². The molecule has 0 amide bonds. The highest BCUT2D eigenvalue weighted by Crippen LogP contribution is 2.24. The van der Waals surface area contributed by atoms with Gasteiger partial charge < -0.3 is 9.84 Å². The van der Waals surface area contributed by atoms with Gasteiger partial charge in [-0.15, -0.1) is 0 Å². The highest BCUT2D eigenvalue weighted by molar-refractivity contribution is 5.91. The Morgan fingerprint density at radius 3 is 2.60 bits per heavy atom. The van der Waals surface area contributed by atoms with Gasteiger partial charge in [-0.1, -0.05) is 19.9 Å². The third-order valence-corrected chi connectivity index (χ3v) is 2.20. The molecule has 0 bridgehead atoms. The van der Waals surface area contributed by atoms with Crippen LogP contribution in [0, 0.1) is 0 Å². The van der Waals surface area contributed by atoms with E-state index < -0.39 is 5.97 Å². The normalized spacial score (nSPS) is 10.4. The van der Waals surface area contributed by atoms with Crippen LogP contribution in [0.2, 0.25) is 0 Å². The Morgan fingerprint density at radius 1 is 1.47 bits per heavy atom. The Labute approximate surface area is 89.7 Å². The summed E-state index contributed by atoms with van der Waals surface area (Å²) >= 11 is 0. The zero-order valence-corrected chi connectivity index (χ0v) is 9.28. The number of rotatable bonds is 4. The minimum atomic E-state index is -0.944. The molecule has 1 aromatic rings. The quantitative estimate of drug-likeness (QED) is 0.827. The Kier molecular flexibility index (Phi) is 3.72. The van der Waals surface area contributed by atoms with Gasteiger partial charge in [-0.25, -0.2) is 4.79 Å². The van der Waals surface area contributed by atoms with E-state index >= 15 is 0 Å². The van der Waals surface area contributed by atoms with Gasteiger partial charge in [0.05, 0.1) is 6.61 Å². The molecule has 3 nitrogen and oxygen atoms in total. The molecule has 15 heavy (non-hydrogen) atoms. The van der Waals surface area contributed by atoms with Gasteiger partial charge in [0.15, 0.2) is 0 Å². The predicted octanol–water partition coefficient (Wildman–Crippen LogP) is 2.91. The van der Waals surface area contributed by atoms with Gasteiger partial charge in [-0.2, -0.15) is 0 Å². The van der Waals surface area contributed by atoms with E-state index in [1.54, 1.807) is 12.1 Å². The molecule has 0 aliphatic heterocycles. The fourth-order valence-corrected chi connectivity index (χ4v) is 1.36. The van der Waals surface area contributed by atoms with Crippen LogP contribution >= 0.6 is 0 Å². The molecule has 3 heteroatoms. The van der Waals surface area contributed by atoms with Crippen molar-refractivity contribution >= 4 is 5.97 Å². The molecule has 0 unspecified atom stereocenters. The molecular formula is C12H16O3. The van der Waals surface area contributed by atoms with E-state index in [1.165, 1.54) is 0 Å². The van der Waals surface area contributed by atoms with Gasteiger partial charge in [0.1, 0.15) is 11.3 Å². The van der Waals surface area contributed by atoms with Crippen LogP contribution in [0.15, 0.2) is 18.2 Å². The van der Waals surface area contributed by atoms with Crippen molar-refractivity contribution in [2.24, 2.45) is 0 Å². The van der Waals surface area contributed by atoms with Crippen LogP contribution in [0.25, 0.3) is 0 Å². The highest BCUT2D eigenvalue weighted by atomic mass is 16.5. The lowest BCUT2D eigenvalue weighted by atomic mass is 10.0. The monoisotopic (exact) mass is 208 g/mol. The number of carbonyl (C=O) groups is 1. The molecule has 1 rings (SSSR count). The first kappa shape index (κ1) is 11.6. The van der Waals surface area contributed by atoms with Crippen LogP contribution in [0.4, 0.5) is 0 Å². The molecule has 0 spiro atoms. The lowest BCUT2D eigenvalue weighted by molar-refractivity contribution is 0.0692. The molecular weight excluding hydrogens is 192 g/mol. The van der Waals surface area contributed by atoms with E-state index in [9.17, 15) is 4.79 Å². The molecule has 0 saturated carbocycles. The first-order valence-electron chi connectivity index (χ1n) is 5.06. The summed E-state index contributed by atoms with van der Waals surface area (Å²) in [6.45, 7) is 6.37.